The van der Waals surface area contributed by atoms with Gasteiger partial charge in [0.15, 0.2) is 5.56 Å². The number of nitrogens with one attached hydrogen (secondary N) is 1. The lowest BCUT2D eigenvalue weighted by Crippen LogP contribution is -2.38. The topological polar surface area (TPSA) is 155 Å². The van der Waals surface area contributed by atoms with E-state index in [0.717, 1.165) is 16.7 Å². The number of carbonyl (C=O) groups is 3. The molecule has 11 nitrogen and oxygen atoms in total. The Balaban J connectivity index is 1.49. The van der Waals surface area contributed by atoms with E-state index in [2.05, 4.69) is 15.3 Å². The summed E-state index contributed by atoms with van der Waals surface area (Å²) in [6, 6.07) is 22.5. The number of benzene rings is 3. The third kappa shape index (κ3) is 6.93. The van der Waals surface area contributed by atoms with E-state index in [1.165, 1.54) is 18.2 Å². The Bertz CT molecular complexity index is 1820. The molecule has 12 heteroatoms. The predicted molar refractivity (Wildman–Crippen MR) is 160 cm³/mol. The number of rotatable bonds is 10. The summed E-state index contributed by atoms with van der Waals surface area (Å²) in [5.41, 5.74) is 5.89. The second-order valence-electron chi connectivity index (χ2n) is 9.54. The fraction of sp³-hybridized carbons (Fsp3) is 0.125. The highest BCUT2D eigenvalue weighted by molar-refractivity contribution is 6.44. The first-order valence-corrected chi connectivity index (χ1v) is 13.5. The average molecular weight is 596 g/mol. The highest BCUT2D eigenvalue weighted by Crippen LogP contribution is 2.20. The molecule has 0 atom stereocenters. The Morgan fingerprint density at radius 2 is 1.68 bits per heavy atom. The van der Waals surface area contributed by atoms with Gasteiger partial charge < -0.3 is 20.5 Å². The van der Waals surface area contributed by atoms with Crippen LogP contribution in [0.3, 0.4) is 0 Å². The zero-order valence-electron chi connectivity index (χ0n) is 23.2. The molecule has 4 aromatic rings. The maximum Gasteiger partial charge on any atom is 0.347 e. The second-order valence-corrected chi connectivity index (χ2v) is 9.54. The van der Waals surface area contributed by atoms with Crippen LogP contribution in [0.25, 0.3) is 17.5 Å². The first kappa shape index (κ1) is 29.6. The molecule has 2 heterocycles. The molecule has 3 aromatic carbocycles. The van der Waals surface area contributed by atoms with E-state index in [1.54, 1.807) is 60.7 Å². The van der Waals surface area contributed by atoms with Gasteiger partial charge in [-0.25, -0.2) is 19.2 Å². The van der Waals surface area contributed by atoms with Crippen molar-refractivity contribution in [2.75, 3.05) is 18.9 Å². The van der Waals surface area contributed by atoms with Crippen molar-refractivity contribution >= 4 is 35.5 Å². The van der Waals surface area contributed by atoms with E-state index in [9.17, 15) is 23.6 Å². The van der Waals surface area contributed by atoms with Crippen LogP contribution in [-0.2, 0) is 32.2 Å². The van der Waals surface area contributed by atoms with Crippen molar-refractivity contribution in [3.05, 3.63) is 123 Å². The van der Waals surface area contributed by atoms with Crippen molar-refractivity contribution in [1.82, 2.24) is 14.9 Å². The number of halogens is 1. The van der Waals surface area contributed by atoms with Crippen LogP contribution in [0.15, 0.2) is 100 Å². The number of nitrogens with two attached hydrogens (primary N) is 1. The number of nitrogen functional groups attached to an aromatic ring is 1. The van der Waals surface area contributed by atoms with Crippen LogP contribution in [0.5, 0.6) is 0 Å². The Kier molecular flexibility index (Phi) is 8.99. The number of aromatic nitrogens is 2. The summed E-state index contributed by atoms with van der Waals surface area (Å²) < 4.78 is 25.2. The number of anilines is 1. The first-order chi connectivity index (χ1) is 21.3. The number of nitrogens with zero attached hydrogens (tertiary/aromatic N) is 3. The average Bonchev–Trinajstić information content (AvgIpc) is 3.57. The zero-order valence-corrected chi connectivity index (χ0v) is 23.2. The van der Waals surface area contributed by atoms with E-state index >= 15 is 0 Å². The molecule has 0 fully saturated rings. The van der Waals surface area contributed by atoms with Gasteiger partial charge >= 0.3 is 5.97 Å². The molecule has 0 unspecified atom stereocenters. The lowest BCUT2D eigenvalue weighted by Gasteiger charge is -2.16. The van der Waals surface area contributed by atoms with Crippen molar-refractivity contribution in [3.63, 3.8) is 0 Å². The number of ketones is 1. The maximum atomic E-state index is 13.7. The second kappa shape index (κ2) is 13.4. The minimum absolute atomic E-state index is 0.106. The van der Waals surface area contributed by atoms with Crippen molar-refractivity contribution in [2.45, 2.75) is 13.2 Å². The van der Waals surface area contributed by atoms with Gasteiger partial charge in [-0.05, 0) is 41.5 Å². The molecule has 3 N–H and O–H groups in total. The van der Waals surface area contributed by atoms with Crippen molar-refractivity contribution in [2.24, 2.45) is 4.99 Å². The third-order valence-electron chi connectivity index (χ3n) is 6.43. The smallest absolute Gasteiger partial charge is 0.347 e. The molecule has 222 valence electrons. The van der Waals surface area contributed by atoms with Gasteiger partial charge in [0.05, 0.1) is 12.2 Å². The standard InChI is InChI=1S/C32H26FN5O6/c33-23-13-11-22(12-14-23)29-37-28(34)26(32(42)44-19-21-9-5-2-6-10-21)31(41)38(29)18-25(39)36-24(17-20-7-3-1-4-8-20)27(40)30-35-15-16-43-30/h1-14,17H,15-16,18-19,34H2,(H,36,39). The quantitative estimate of drug-likeness (QED) is 0.209. The SMILES string of the molecule is Nc1nc(-c2ccc(F)cc2)n(CC(=O)NC(=Cc2ccccc2)C(=O)C2=NCCO2)c(=O)c1C(=O)OCc1ccccc1. The molecule has 0 saturated heterocycles. The summed E-state index contributed by atoms with van der Waals surface area (Å²) in [7, 11) is 0. The summed E-state index contributed by atoms with van der Waals surface area (Å²) >= 11 is 0. The molecule has 0 saturated carbocycles. The van der Waals surface area contributed by atoms with E-state index in [4.69, 9.17) is 15.2 Å². The van der Waals surface area contributed by atoms with Crippen LogP contribution in [0.2, 0.25) is 0 Å². The third-order valence-corrected chi connectivity index (χ3v) is 6.43. The zero-order chi connectivity index (χ0) is 31.1. The summed E-state index contributed by atoms with van der Waals surface area (Å²) in [5, 5.41) is 2.53. The van der Waals surface area contributed by atoms with Gasteiger partial charge in [-0.3, -0.25) is 19.0 Å². The maximum absolute atomic E-state index is 13.7. The van der Waals surface area contributed by atoms with Crippen LogP contribution in [0, 0.1) is 5.82 Å². The normalized spacial score (nSPS) is 12.7. The molecule has 0 bridgehead atoms. The summed E-state index contributed by atoms with van der Waals surface area (Å²) in [6.07, 6.45) is 1.45. The fourth-order valence-electron chi connectivity index (χ4n) is 4.32. The summed E-state index contributed by atoms with van der Waals surface area (Å²) in [4.78, 5) is 61.6. The highest BCUT2D eigenvalue weighted by atomic mass is 19.1. The minimum Gasteiger partial charge on any atom is -0.473 e. The van der Waals surface area contributed by atoms with Gasteiger partial charge in [-0.15, -0.1) is 0 Å². The molecule has 1 aliphatic heterocycles. The van der Waals surface area contributed by atoms with Crippen LogP contribution in [0.4, 0.5) is 10.2 Å². The van der Waals surface area contributed by atoms with Gasteiger partial charge in [0.1, 0.15) is 37.2 Å². The molecule has 0 aliphatic carbocycles. The molecular weight excluding hydrogens is 569 g/mol. The van der Waals surface area contributed by atoms with Crippen LogP contribution < -0.4 is 16.6 Å². The van der Waals surface area contributed by atoms with Gasteiger partial charge in [-0.1, -0.05) is 60.7 Å². The number of ether oxygens (including phenoxy) is 2. The fourth-order valence-corrected chi connectivity index (χ4v) is 4.32. The predicted octanol–water partition coefficient (Wildman–Crippen LogP) is 3.14. The monoisotopic (exact) mass is 595 g/mol. The van der Waals surface area contributed by atoms with E-state index in [-0.39, 0.29) is 36.2 Å². The number of esters is 1. The molecular formula is C32H26FN5O6. The lowest BCUT2D eigenvalue weighted by atomic mass is 10.1. The summed E-state index contributed by atoms with van der Waals surface area (Å²) in [5.74, 6) is -3.74. The molecule has 1 aliphatic rings. The van der Waals surface area contributed by atoms with Gasteiger partial charge in [0, 0.05) is 5.56 Å². The van der Waals surface area contributed by atoms with Gasteiger partial charge in [-0.2, -0.15) is 0 Å². The first-order valence-electron chi connectivity index (χ1n) is 13.5. The van der Waals surface area contributed by atoms with E-state index in [0.29, 0.717) is 17.7 Å². The molecule has 1 aromatic heterocycles. The van der Waals surface area contributed by atoms with E-state index < -0.39 is 47.0 Å². The molecule has 44 heavy (non-hydrogen) atoms. The molecule has 0 radical (unpaired) electrons. The Hall–Kier alpha value is -5.91. The Morgan fingerprint density at radius 1 is 1.00 bits per heavy atom. The van der Waals surface area contributed by atoms with Crippen molar-refractivity contribution in [1.29, 1.82) is 0 Å². The Morgan fingerprint density at radius 3 is 2.34 bits per heavy atom. The largest absolute Gasteiger partial charge is 0.473 e. The number of hydrogen-bond acceptors (Lipinski definition) is 9. The van der Waals surface area contributed by atoms with Crippen LogP contribution in [-0.4, -0.2) is 46.3 Å². The lowest BCUT2D eigenvalue weighted by molar-refractivity contribution is -0.122. The molecule has 5 rings (SSSR count). The van der Waals surface area contributed by atoms with Crippen molar-refractivity contribution < 1.29 is 28.2 Å². The number of carbonyl (C=O) groups excluding carboxylic acids is 3. The van der Waals surface area contributed by atoms with Crippen LogP contribution >= 0.6 is 0 Å². The van der Waals surface area contributed by atoms with Crippen molar-refractivity contribution in [3.8, 4) is 11.4 Å². The van der Waals surface area contributed by atoms with Gasteiger partial charge in [0.25, 0.3) is 17.2 Å². The number of aliphatic imine (C=N–C) groups is 1. The number of hydrogen-bond donors (Lipinski definition) is 2. The van der Waals surface area contributed by atoms with Crippen LogP contribution in [0.1, 0.15) is 21.5 Å². The molecule has 0 spiro atoms. The summed E-state index contributed by atoms with van der Waals surface area (Å²) in [6.45, 7) is -0.306. The van der Waals surface area contributed by atoms with E-state index in [1.807, 2.05) is 0 Å². The Labute approximate surface area is 250 Å². The number of amides is 1. The minimum atomic E-state index is -1.04. The number of Topliss-reactive ketones (excluding diaryl/α,β-unsaturated/α-hetero) is 1. The van der Waals surface area contributed by atoms with Gasteiger partial charge in [0.2, 0.25) is 5.91 Å². The highest BCUT2D eigenvalue weighted by Gasteiger charge is 2.27. The molecule has 1 amide bonds.